The highest BCUT2D eigenvalue weighted by molar-refractivity contribution is 7.86. The molecule has 1 aliphatic rings. The van der Waals surface area contributed by atoms with Gasteiger partial charge in [-0.05, 0) is 25.3 Å². The van der Waals surface area contributed by atoms with Gasteiger partial charge in [0, 0.05) is 40.8 Å². The molecule has 0 spiro atoms. The molecule has 0 N–H and O–H groups in total. The zero-order valence-corrected chi connectivity index (χ0v) is 15.7. The first kappa shape index (κ1) is 18.9. The molecule has 2 rings (SSSR count). The van der Waals surface area contributed by atoms with Gasteiger partial charge in [-0.1, -0.05) is 29.8 Å². The summed E-state index contributed by atoms with van der Waals surface area (Å²) in [6.07, 6.45) is 1.44. The van der Waals surface area contributed by atoms with Gasteiger partial charge in [0.2, 0.25) is 5.91 Å². The average molecular weight is 353 g/mol. The molecule has 0 aliphatic carbocycles. The van der Waals surface area contributed by atoms with E-state index in [-0.39, 0.29) is 18.4 Å². The quantitative estimate of drug-likeness (QED) is 0.805. The summed E-state index contributed by atoms with van der Waals surface area (Å²) in [6.45, 7) is 3.31. The summed E-state index contributed by atoms with van der Waals surface area (Å²) in [7, 11) is 1.36. The number of rotatable bonds is 5. The predicted octanol–water partition coefficient (Wildman–Crippen LogP) is 1.47. The van der Waals surface area contributed by atoms with Crippen molar-refractivity contribution >= 4 is 16.1 Å². The highest BCUT2D eigenvalue weighted by Crippen LogP contribution is 2.22. The van der Waals surface area contributed by atoms with Crippen LogP contribution in [0.15, 0.2) is 24.3 Å². The third-order valence-corrected chi connectivity index (χ3v) is 6.34. The van der Waals surface area contributed by atoms with Gasteiger partial charge in [-0.15, -0.1) is 0 Å². The molecule has 134 valence electrons. The number of carbonyl (C=O) groups is 1. The van der Waals surface area contributed by atoms with Crippen molar-refractivity contribution < 1.29 is 13.2 Å². The van der Waals surface area contributed by atoms with E-state index in [0.29, 0.717) is 19.5 Å². The minimum absolute atomic E-state index is 0.00855. The Kier molecular flexibility index (Phi) is 6.01. The van der Waals surface area contributed by atoms with Crippen LogP contribution in [0.5, 0.6) is 0 Å². The van der Waals surface area contributed by atoms with Crippen LogP contribution in [0.4, 0.5) is 0 Å². The standard InChI is InChI=1S/C17H27N3O3S/c1-14-7-9-15(10-8-14)12-19(4)17(21)16-6-5-11-20(13-16)24(22,23)18(2)3/h7-10,16H,5-6,11-13H2,1-4H3/t16-/m1/s1. The largest absolute Gasteiger partial charge is 0.341 e. The molecule has 1 amide bonds. The molecule has 24 heavy (non-hydrogen) atoms. The molecule has 0 bridgehead atoms. The van der Waals surface area contributed by atoms with Crippen LogP contribution >= 0.6 is 0 Å². The van der Waals surface area contributed by atoms with E-state index in [1.54, 1.807) is 11.9 Å². The van der Waals surface area contributed by atoms with Crippen molar-refractivity contribution in [2.75, 3.05) is 34.2 Å². The van der Waals surface area contributed by atoms with E-state index in [4.69, 9.17) is 0 Å². The van der Waals surface area contributed by atoms with Crippen molar-refractivity contribution in [2.45, 2.75) is 26.3 Å². The molecule has 1 aromatic carbocycles. The third kappa shape index (κ3) is 4.34. The lowest BCUT2D eigenvalue weighted by Crippen LogP contribution is -2.48. The van der Waals surface area contributed by atoms with Crippen LogP contribution < -0.4 is 0 Å². The number of hydrogen-bond donors (Lipinski definition) is 0. The smallest absolute Gasteiger partial charge is 0.281 e. The van der Waals surface area contributed by atoms with Gasteiger partial charge < -0.3 is 4.90 Å². The zero-order valence-electron chi connectivity index (χ0n) is 14.9. The molecule has 0 radical (unpaired) electrons. The molecule has 1 heterocycles. The fourth-order valence-electron chi connectivity index (χ4n) is 2.94. The number of piperidine rings is 1. The Morgan fingerprint density at radius 3 is 2.42 bits per heavy atom. The Balaban J connectivity index is 2.02. The van der Waals surface area contributed by atoms with Crippen LogP contribution in [0, 0.1) is 12.8 Å². The first-order valence-corrected chi connectivity index (χ1v) is 9.59. The monoisotopic (exact) mass is 353 g/mol. The fourth-order valence-corrected chi connectivity index (χ4v) is 4.13. The Morgan fingerprint density at radius 1 is 1.21 bits per heavy atom. The molecular formula is C17H27N3O3S. The zero-order chi connectivity index (χ0) is 17.9. The summed E-state index contributed by atoms with van der Waals surface area (Å²) in [5.41, 5.74) is 2.26. The Morgan fingerprint density at radius 2 is 1.83 bits per heavy atom. The van der Waals surface area contributed by atoms with Gasteiger partial charge in [0.25, 0.3) is 10.2 Å². The van der Waals surface area contributed by atoms with E-state index >= 15 is 0 Å². The predicted molar refractivity (Wildman–Crippen MR) is 94.6 cm³/mol. The number of carbonyl (C=O) groups excluding carboxylic acids is 1. The van der Waals surface area contributed by atoms with Crippen molar-refractivity contribution in [2.24, 2.45) is 5.92 Å². The summed E-state index contributed by atoms with van der Waals surface area (Å²) in [5.74, 6) is -0.266. The van der Waals surface area contributed by atoms with E-state index in [9.17, 15) is 13.2 Å². The molecule has 6 nitrogen and oxygen atoms in total. The molecule has 7 heteroatoms. The van der Waals surface area contributed by atoms with Gasteiger partial charge in [-0.3, -0.25) is 4.79 Å². The van der Waals surface area contributed by atoms with Crippen molar-refractivity contribution in [1.29, 1.82) is 0 Å². The highest BCUT2D eigenvalue weighted by Gasteiger charge is 2.34. The lowest BCUT2D eigenvalue weighted by atomic mass is 9.98. The maximum atomic E-state index is 12.7. The average Bonchev–Trinajstić information content (AvgIpc) is 2.56. The van der Waals surface area contributed by atoms with Crippen molar-refractivity contribution in [3.8, 4) is 0 Å². The molecule has 1 fully saturated rings. The second kappa shape index (κ2) is 7.63. The van der Waals surface area contributed by atoms with E-state index in [1.807, 2.05) is 31.2 Å². The minimum atomic E-state index is -3.46. The molecule has 0 saturated carbocycles. The normalized spacial score (nSPS) is 19.5. The van der Waals surface area contributed by atoms with Crippen molar-refractivity contribution in [3.63, 3.8) is 0 Å². The van der Waals surface area contributed by atoms with Crippen LogP contribution in [-0.2, 0) is 21.5 Å². The van der Waals surface area contributed by atoms with Gasteiger partial charge in [-0.2, -0.15) is 17.0 Å². The molecule has 1 aromatic rings. The van der Waals surface area contributed by atoms with Crippen molar-refractivity contribution in [1.82, 2.24) is 13.5 Å². The summed E-state index contributed by atoms with van der Waals surface area (Å²) in [5, 5.41) is 0. The molecule has 1 atom stereocenters. The number of benzene rings is 1. The van der Waals surface area contributed by atoms with Crippen molar-refractivity contribution in [3.05, 3.63) is 35.4 Å². The first-order valence-electron chi connectivity index (χ1n) is 8.20. The van der Waals surface area contributed by atoms with E-state index in [0.717, 1.165) is 12.0 Å². The maximum Gasteiger partial charge on any atom is 0.281 e. The van der Waals surface area contributed by atoms with Gasteiger partial charge in [0.1, 0.15) is 0 Å². The Bertz CT molecular complexity index is 671. The molecular weight excluding hydrogens is 326 g/mol. The lowest BCUT2D eigenvalue weighted by Gasteiger charge is -2.34. The lowest BCUT2D eigenvalue weighted by molar-refractivity contribution is -0.135. The topological polar surface area (TPSA) is 60.9 Å². The van der Waals surface area contributed by atoms with E-state index < -0.39 is 10.2 Å². The number of hydrogen-bond acceptors (Lipinski definition) is 3. The summed E-state index contributed by atoms with van der Waals surface area (Å²) in [4.78, 5) is 14.4. The number of nitrogens with zero attached hydrogens (tertiary/aromatic N) is 3. The van der Waals surface area contributed by atoms with Crippen LogP contribution in [0.2, 0.25) is 0 Å². The molecule has 0 unspecified atom stereocenters. The van der Waals surface area contributed by atoms with Gasteiger partial charge in [-0.25, -0.2) is 0 Å². The van der Waals surface area contributed by atoms with Gasteiger partial charge in [0.05, 0.1) is 5.92 Å². The summed E-state index contributed by atoms with van der Waals surface area (Å²) < 4.78 is 27.2. The number of aryl methyl sites for hydroxylation is 1. The third-order valence-electron chi connectivity index (χ3n) is 4.44. The molecule has 1 saturated heterocycles. The second-order valence-corrected chi connectivity index (χ2v) is 8.81. The van der Waals surface area contributed by atoms with Crippen LogP contribution in [-0.4, -0.2) is 62.1 Å². The van der Waals surface area contributed by atoms with Crippen LogP contribution in [0.1, 0.15) is 24.0 Å². The first-order chi connectivity index (χ1) is 11.2. The summed E-state index contributed by atoms with van der Waals surface area (Å²) >= 11 is 0. The van der Waals surface area contributed by atoms with Gasteiger partial charge in [0.15, 0.2) is 0 Å². The molecule has 1 aliphatic heterocycles. The SMILES string of the molecule is Cc1ccc(CN(C)C(=O)[C@@H]2CCCN(S(=O)(=O)N(C)C)C2)cc1. The summed E-state index contributed by atoms with van der Waals surface area (Å²) in [6, 6.07) is 8.09. The van der Waals surface area contributed by atoms with Crippen LogP contribution in [0.3, 0.4) is 0 Å². The molecule has 0 aromatic heterocycles. The minimum Gasteiger partial charge on any atom is -0.341 e. The highest BCUT2D eigenvalue weighted by atomic mass is 32.2. The van der Waals surface area contributed by atoms with Gasteiger partial charge >= 0.3 is 0 Å². The Labute approximate surface area is 145 Å². The maximum absolute atomic E-state index is 12.7. The van der Waals surface area contributed by atoms with Crippen LogP contribution in [0.25, 0.3) is 0 Å². The fraction of sp³-hybridized carbons (Fsp3) is 0.588. The Hall–Kier alpha value is -1.44. The van der Waals surface area contributed by atoms with E-state index in [1.165, 1.54) is 28.3 Å². The number of amides is 1. The van der Waals surface area contributed by atoms with E-state index in [2.05, 4.69) is 0 Å². The second-order valence-electron chi connectivity index (χ2n) is 6.67.